The van der Waals surface area contributed by atoms with Gasteiger partial charge in [-0.15, -0.1) is 11.8 Å². The summed E-state index contributed by atoms with van der Waals surface area (Å²) in [5, 5.41) is 3.92. The van der Waals surface area contributed by atoms with Crippen LogP contribution in [0.4, 0.5) is 11.9 Å². The number of nitrogens with zero attached hydrogens (tertiary/aromatic N) is 3. The summed E-state index contributed by atoms with van der Waals surface area (Å²) in [5.74, 6) is 1.90. The molecule has 1 aromatic carbocycles. The van der Waals surface area contributed by atoms with Crippen LogP contribution in [0.1, 0.15) is 37.4 Å². The highest BCUT2D eigenvalue weighted by molar-refractivity contribution is 7.99. The van der Waals surface area contributed by atoms with Gasteiger partial charge in [-0.25, -0.2) is 0 Å². The Morgan fingerprint density at radius 3 is 2.70 bits per heavy atom. The first-order valence-electron chi connectivity index (χ1n) is 7.59. The number of nitrogens with one attached hydrogen (secondary N) is 1. The monoisotopic (exact) mass is 349 g/mol. The molecule has 124 valence electrons. The first-order valence-corrected chi connectivity index (χ1v) is 9.80. The molecule has 1 atom stereocenters. The van der Waals surface area contributed by atoms with Gasteiger partial charge in [0.2, 0.25) is 11.9 Å². The third kappa shape index (κ3) is 5.00. The number of anilines is 2. The third-order valence-electron chi connectivity index (χ3n) is 3.32. The Kier molecular flexibility index (Phi) is 6.53. The van der Waals surface area contributed by atoms with Crippen molar-refractivity contribution in [1.29, 1.82) is 0 Å². The molecule has 0 spiro atoms. The minimum absolute atomic E-state index is 0.0930. The van der Waals surface area contributed by atoms with Crippen molar-refractivity contribution in [1.82, 2.24) is 15.0 Å². The normalized spacial score (nSPS) is 12.2. The molecule has 0 radical (unpaired) electrons. The van der Waals surface area contributed by atoms with Gasteiger partial charge < -0.3 is 11.1 Å². The van der Waals surface area contributed by atoms with Gasteiger partial charge in [-0.05, 0) is 49.5 Å². The first-order chi connectivity index (χ1) is 11.0. The molecule has 0 amide bonds. The molecule has 5 nitrogen and oxygen atoms in total. The number of hydrogen-bond donors (Lipinski definition) is 2. The molecular formula is C16H23N5S2. The lowest BCUT2D eigenvalue weighted by Gasteiger charge is -2.16. The summed E-state index contributed by atoms with van der Waals surface area (Å²) >= 11 is 3.35. The smallest absolute Gasteiger partial charge is 0.228 e. The summed E-state index contributed by atoms with van der Waals surface area (Å²) in [6.45, 7) is 6.44. The summed E-state index contributed by atoms with van der Waals surface area (Å²) in [4.78, 5) is 13.9. The molecule has 7 heteroatoms. The maximum Gasteiger partial charge on any atom is 0.228 e. The standard InChI is InChI=1S/C16H23N5S2/c1-5-8-23-13-7-6-12(9-10(13)2)11(3)18-15-19-14(17)20-16(21-15)22-4/h6-7,9,11H,5,8H2,1-4H3,(H3,17,18,19,20,21). The van der Waals surface area contributed by atoms with Crippen LogP contribution in [-0.2, 0) is 0 Å². The van der Waals surface area contributed by atoms with Crippen LogP contribution in [-0.4, -0.2) is 27.0 Å². The number of nitrogen functional groups attached to an aromatic ring is 1. The van der Waals surface area contributed by atoms with Gasteiger partial charge in [-0.2, -0.15) is 15.0 Å². The van der Waals surface area contributed by atoms with E-state index in [1.807, 2.05) is 18.0 Å². The van der Waals surface area contributed by atoms with Crippen molar-refractivity contribution in [2.24, 2.45) is 0 Å². The maximum atomic E-state index is 5.72. The van der Waals surface area contributed by atoms with Gasteiger partial charge in [-0.1, -0.05) is 30.8 Å². The molecule has 1 aromatic heterocycles. The maximum absolute atomic E-state index is 5.72. The highest BCUT2D eigenvalue weighted by Crippen LogP contribution is 2.27. The fourth-order valence-corrected chi connectivity index (χ4v) is 3.36. The van der Waals surface area contributed by atoms with E-state index in [-0.39, 0.29) is 12.0 Å². The van der Waals surface area contributed by atoms with Gasteiger partial charge in [-0.3, -0.25) is 0 Å². The Balaban J connectivity index is 2.12. The van der Waals surface area contributed by atoms with Crippen molar-refractivity contribution in [3.63, 3.8) is 0 Å². The largest absolute Gasteiger partial charge is 0.368 e. The molecule has 0 saturated heterocycles. The van der Waals surface area contributed by atoms with Crippen LogP contribution in [0, 0.1) is 6.92 Å². The summed E-state index contributed by atoms with van der Waals surface area (Å²) in [7, 11) is 0. The lowest BCUT2D eigenvalue weighted by atomic mass is 10.1. The first kappa shape index (κ1) is 17.9. The topological polar surface area (TPSA) is 76.7 Å². The van der Waals surface area contributed by atoms with E-state index >= 15 is 0 Å². The van der Waals surface area contributed by atoms with Crippen LogP contribution in [0.5, 0.6) is 0 Å². The van der Waals surface area contributed by atoms with E-state index in [9.17, 15) is 0 Å². The van der Waals surface area contributed by atoms with Crippen molar-refractivity contribution in [2.75, 3.05) is 23.1 Å². The van der Waals surface area contributed by atoms with E-state index in [1.54, 1.807) is 0 Å². The average Bonchev–Trinajstić information content (AvgIpc) is 2.53. The van der Waals surface area contributed by atoms with Gasteiger partial charge >= 0.3 is 0 Å². The Morgan fingerprint density at radius 2 is 2.04 bits per heavy atom. The van der Waals surface area contributed by atoms with Crippen LogP contribution >= 0.6 is 23.5 Å². The number of rotatable bonds is 7. The summed E-state index contributed by atoms with van der Waals surface area (Å²) in [6, 6.07) is 6.66. The molecule has 1 unspecified atom stereocenters. The molecule has 0 aliphatic carbocycles. The molecule has 3 N–H and O–H groups in total. The van der Waals surface area contributed by atoms with Crippen molar-refractivity contribution in [2.45, 2.75) is 43.3 Å². The second kappa shape index (κ2) is 8.40. The Morgan fingerprint density at radius 1 is 1.26 bits per heavy atom. The van der Waals surface area contributed by atoms with Gasteiger partial charge in [0, 0.05) is 4.90 Å². The number of benzene rings is 1. The highest BCUT2D eigenvalue weighted by Gasteiger charge is 2.11. The number of aryl methyl sites for hydroxylation is 1. The molecule has 0 fully saturated rings. The van der Waals surface area contributed by atoms with Crippen LogP contribution in [0.25, 0.3) is 0 Å². The Labute approximate surface area is 146 Å². The molecule has 0 aliphatic heterocycles. The second-order valence-corrected chi connectivity index (χ2v) is 7.15. The van der Waals surface area contributed by atoms with Crippen molar-refractivity contribution in [3.8, 4) is 0 Å². The highest BCUT2D eigenvalue weighted by atomic mass is 32.2. The SMILES string of the molecule is CCCSc1ccc(C(C)Nc2nc(N)nc(SC)n2)cc1C. The quantitative estimate of drug-likeness (QED) is 0.727. The van der Waals surface area contributed by atoms with E-state index in [1.165, 1.54) is 34.2 Å². The third-order valence-corrected chi connectivity index (χ3v) is 5.25. The van der Waals surface area contributed by atoms with E-state index in [0.29, 0.717) is 11.1 Å². The van der Waals surface area contributed by atoms with Crippen LogP contribution in [0.15, 0.2) is 28.3 Å². The zero-order chi connectivity index (χ0) is 16.8. The van der Waals surface area contributed by atoms with E-state index in [2.05, 4.69) is 59.2 Å². The zero-order valence-electron chi connectivity index (χ0n) is 14.0. The number of aromatic nitrogens is 3. The minimum Gasteiger partial charge on any atom is -0.368 e. The van der Waals surface area contributed by atoms with Crippen LogP contribution < -0.4 is 11.1 Å². The molecular weight excluding hydrogens is 326 g/mol. The van der Waals surface area contributed by atoms with Crippen molar-refractivity contribution >= 4 is 35.4 Å². The number of thioether (sulfide) groups is 2. The van der Waals surface area contributed by atoms with Gasteiger partial charge in [0.15, 0.2) is 5.16 Å². The molecule has 1 heterocycles. The van der Waals surface area contributed by atoms with Crippen molar-refractivity contribution in [3.05, 3.63) is 29.3 Å². The van der Waals surface area contributed by atoms with Crippen LogP contribution in [0.3, 0.4) is 0 Å². The van der Waals surface area contributed by atoms with Gasteiger partial charge in [0.25, 0.3) is 0 Å². The van der Waals surface area contributed by atoms with E-state index in [4.69, 9.17) is 5.73 Å². The molecule has 0 saturated carbocycles. The predicted molar refractivity (Wildman–Crippen MR) is 100 cm³/mol. The fourth-order valence-electron chi connectivity index (χ4n) is 2.12. The molecule has 2 rings (SSSR count). The fraction of sp³-hybridized carbons (Fsp3) is 0.438. The minimum atomic E-state index is 0.0930. The Bertz CT molecular complexity index is 663. The molecule has 0 bridgehead atoms. The summed E-state index contributed by atoms with van der Waals surface area (Å²) < 4.78 is 0. The molecule has 2 aromatic rings. The summed E-state index contributed by atoms with van der Waals surface area (Å²) in [6.07, 6.45) is 3.10. The summed E-state index contributed by atoms with van der Waals surface area (Å²) in [5.41, 5.74) is 8.22. The molecule has 23 heavy (non-hydrogen) atoms. The Hall–Kier alpha value is -1.47. The van der Waals surface area contributed by atoms with Gasteiger partial charge in [0.05, 0.1) is 6.04 Å². The molecule has 0 aliphatic rings. The van der Waals surface area contributed by atoms with E-state index in [0.717, 1.165) is 5.75 Å². The predicted octanol–water partition coefficient (Wildman–Crippen LogP) is 4.16. The number of nitrogens with two attached hydrogens (primary N) is 1. The lowest BCUT2D eigenvalue weighted by molar-refractivity contribution is 0.828. The van der Waals surface area contributed by atoms with Crippen molar-refractivity contribution < 1.29 is 0 Å². The average molecular weight is 350 g/mol. The van der Waals surface area contributed by atoms with Crippen LogP contribution in [0.2, 0.25) is 0 Å². The van der Waals surface area contributed by atoms with Gasteiger partial charge in [0.1, 0.15) is 0 Å². The second-order valence-electron chi connectivity index (χ2n) is 5.24. The lowest BCUT2D eigenvalue weighted by Crippen LogP contribution is -2.12. The number of hydrogen-bond acceptors (Lipinski definition) is 7. The van der Waals surface area contributed by atoms with E-state index < -0.39 is 0 Å². The zero-order valence-corrected chi connectivity index (χ0v) is 15.6.